The third-order valence-corrected chi connectivity index (χ3v) is 5.36. The van der Waals surface area contributed by atoms with Crippen molar-refractivity contribution in [3.63, 3.8) is 0 Å². The first kappa shape index (κ1) is 21.5. The Morgan fingerprint density at radius 2 is 1.81 bits per heavy atom. The highest BCUT2D eigenvalue weighted by atomic mass is 79.9. The van der Waals surface area contributed by atoms with Gasteiger partial charge in [-0.1, -0.05) is 60.7 Å². The smallest absolute Gasteiger partial charge is 0.303 e. The number of aromatic nitrogens is 4. The predicted octanol–water partition coefficient (Wildman–Crippen LogP) is 3.50. The standard InChI is InChI=1S/C23H21BrN6O2/c1-29-20-19(21(31)27-23(29)32)30(13-12-16-8-4-2-5-9-16)22(26-20)28-25-15-18(24)14-17-10-6-3-7-11-17/h2-11,14-15H,12-13H2,1H3,(H,26,28)(H,27,31,32)/b18-14-,25-15+. The number of aromatic amines is 1. The molecular formula is C23H21BrN6O2. The summed E-state index contributed by atoms with van der Waals surface area (Å²) in [5.41, 5.74) is 4.68. The molecule has 9 heteroatoms. The first-order valence-electron chi connectivity index (χ1n) is 9.98. The van der Waals surface area contributed by atoms with Crippen molar-refractivity contribution in [2.24, 2.45) is 12.1 Å². The summed E-state index contributed by atoms with van der Waals surface area (Å²) in [6, 6.07) is 19.8. The molecule has 0 saturated carbocycles. The van der Waals surface area contributed by atoms with Crippen LogP contribution in [0.15, 0.2) is 79.8 Å². The van der Waals surface area contributed by atoms with E-state index in [1.165, 1.54) is 4.57 Å². The van der Waals surface area contributed by atoms with Gasteiger partial charge in [-0.15, -0.1) is 0 Å². The van der Waals surface area contributed by atoms with Gasteiger partial charge in [0, 0.05) is 18.1 Å². The molecule has 162 valence electrons. The molecule has 32 heavy (non-hydrogen) atoms. The molecule has 2 heterocycles. The van der Waals surface area contributed by atoms with Gasteiger partial charge in [0.1, 0.15) is 0 Å². The first-order valence-corrected chi connectivity index (χ1v) is 10.8. The van der Waals surface area contributed by atoms with Crippen molar-refractivity contribution in [2.75, 3.05) is 5.43 Å². The second kappa shape index (κ2) is 9.61. The number of fused-ring (bicyclic) bond motifs is 1. The van der Waals surface area contributed by atoms with Gasteiger partial charge in [-0.25, -0.2) is 10.2 Å². The number of aryl methyl sites for hydroxylation is 3. The zero-order valence-electron chi connectivity index (χ0n) is 17.3. The SMILES string of the molecule is Cn1c(=O)[nH]c(=O)c2c1nc(N/N=C/C(Br)=C/c1ccccc1)n2CCc1ccccc1. The van der Waals surface area contributed by atoms with Gasteiger partial charge in [0.15, 0.2) is 11.2 Å². The van der Waals surface area contributed by atoms with Crippen LogP contribution in [0.3, 0.4) is 0 Å². The molecule has 0 bridgehead atoms. The van der Waals surface area contributed by atoms with Gasteiger partial charge in [0.05, 0.1) is 6.21 Å². The van der Waals surface area contributed by atoms with Gasteiger partial charge in [-0.3, -0.25) is 14.3 Å². The summed E-state index contributed by atoms with van der Waals surface area (Å²) in [4.78, 5) is 31.4. The van der Waals surface area contributed by atoms with Crippen molar-refractivity contribution >= 4 is 45.3 Å². The van der Waals surface area contributed by atoms with Crippen molar-refractivity contribution in [3.8, 4) is 0 Å². The number of allylic oxidation sites excluding steroid dienone is 1. The van der Waals surface area contributed by atoms with Gasteiger partial charge in [-0.2, -0.15) is 10.1 Å². The first-order chi connectivity index (χ1) is 15.5. The molecule has 0 aliphatic carbocycles. The fourth-order valence-electron chi connectivity index (χ4n) is 3.32. The highest BCUT2D eigenvalue weighted by Gasteiger charge is 2.17. The normalized spacial score (nSPS) is 12.0. The fraction of sp³-hybridized carbons (Fsp3) is 0.130. The van der Waals surface area contributed by atoms with Gasteiger partial charge in [0.25, 0.3) is 5.56 Å². The van der Waals surface area contributed by atoms with E-state index in [9.17, 15) is 9.59 Å². The second-order valence-corrected chi connectivity index (χ2v) is 8.04. The van der Waals surface area contributed by atoms with Gasteiger partial charge >= 0.3 is 5.69 Å². The summed E-state index contributed by atoms with van der Waals surface area (Å²) in [6.45, 7) is 0.487. The van der Waals surface area contributed by atoms with E-state index in [-0.39, 0.29) is 0 Å². The van der Waals surface area contributed by atoms with Crippen LogP contribution < -0.4 is 16.7 Å². The number of hydrogen-bond acceptors (Lipinski definition) is 5. The molecule has 8 nitrogen and oxygen atoms in total. The maximum atomic E-state index is 12.6. The lowest BCUT2D eigenvalue weighted by Crippen LogP contribution is -2.29. The number of nitrogens with one attached hydrogen (secondary N) is 2. The number of benzene rings is 2. The molecule has 0 aliphatic heterocycles. The molecule has 2 N–H and O–H groups in total. The second-order valence-electron chi connectivity index (χ2n) is 7.12. The minimum absolute atomic E-state index is 0.295. The van der Waals surface area contributed by atoms with E-state index >= 15 is 0 Å². The highest BCUT2D eigenvalue weighted by molar-refractivity contribution is 9.12. The molecule has 2 aromatic carbocycles. The van der Waals surface area contributed by atoms with Gasteiger partial charge < -0.3 is 4.57 Å². The Bertz CT molecular complexity index is 1400. The van der Waals surface area contributed by atoms with Crippen LogP contribution in [0, 0.1) is 0 Å². The number of nitrogens with zero attached hydrogens (tertiary/aromatic N) is 4. The molecule has 0 aliphatic rings. The zero-order chi connectivity index (χ0) is 22.5. The van der Waals surface area contributed by atoms with Gasteiger partial charge in [0.2, 0.25) is 5.95 Å². The van der Waals surface area contributed by atoms with E-state index in [1.54, 1.807) is 17.8 Å². The van der Waals surface area contributed by atoms with E-state index in [2.05, 4.69) is 36.4 Å². The number of rotatable bonds is 7. The average molecular weight is 493 g/mol. The summed E-state index contributed by atoms with van der Waals surface area (Å²) in [5, 5.41) is 4.26. The number of hydrazone groups is 1. The lowest BCUT2D eigenvalue weighted by atomic mass is 10.1. The molecule has 0 unspecified atom stereocenters. The number of H-pyrrole nitrogens is 1. The monoisotopic (exact) mass is 492 g/mol. The predicted molar refractivity (Wildman–Crippen MR) is 131 cm³/mol. The Morgan fingerprint density at radius 3 is 2.53 bits per heavy atom. The third-order valence-electron chi connectivity index (χ3n) is 4.93. The molecular weight excluding hydrogens is 472 g/mol. The largest absolute Gasteiger partial charge is 0.329 e. The molecule has 0 fully saturated rings. The van der Waals surface area contributed by atoms with Crippen molar-refractivity contribution in [3.05, 3.63) is 97.1 Å². The van der Waals surface area contributed by atoms with Crippen LogP contribution in [0.25, 0.3) is 17.2 Å². The Balaban J connectivity index is 1.65. The van der Waals surface area contributed by atoms with Crippen LogP contribution in [0.5, 0.6) is 0 Å². The summed E-state index contributed by atoms with van der Waals surface area (Å²) in [6.07, 6.45) is 4.22. The van der Waals surface area contributed by atoms with Crippen molar-refractivity contribution < 1.29 is 0 Å². The quantitative estimate of drug-likeness (QED) is 0.304. The van der Waals surface area contributed by atoms with Crippen LogP contribution in [0.1, 0.15) is 11.1 Å². The minimum atomic E-state index is -0.515. The molecule has 0 spiro atoms. The zero-order valence-corrected chi connectivity index (χ0v) is 18.9. The Hall–Kier alpha value is -3.72. The molecule has 0 atom stereocenters. The van der Waals surface area contributed by atoms with Crippen LogP contribution in [0.2, 0.25) is 0 Å². The van der Waals surface area contributed by atoms with Gasteiger partial charge in [-0.05, 0) is 39.6 Å². The van der Waals surface area contributed by atoms with Crippen molar-refractivity contribution in [1.29, 1.82) is 0 Å². The summed E-state index contributed by atoms with van der Waals surface area (Å²) < 4.78 is 3.82. The number of halogens is 1. The van der Waals surface area contributed by atoms with E-state index in [0.717, 1.165) is 15.6 Å². The number of anilines is 1. The molecule has 0 radical (unpaired) electrons. The molecule has 4 aromatic rings. The molecule has 2 aromatic heterocycles. The Kier molecular flexibility index (Phi) is 6.46. The lowest BCUT2D eigenvalue weighted by Gasteiger charge is -2.08. The summed E-state index contributed by atoms with van der Waals surface area (Å²) in [7, 11) is 1.57. The Morgan fingerprint density at radius 1 is 1.12 bits per heavy atom. The third kappa shape index (κ3) is 4.78. The van der Waals surface area contributed by atoms with Crippen LogP contribution in [0.4, 0.5) is 5.95 Å². The highest BCUT2D eigenvalue weighted by Crippen LogP contribution is 2.17. The molecule has 4 rings (SSSR count). The van der Waals surface area contributed by atoms with Crippen LogP contribution in [-0.2, 0) is 20.0 Å². The maximum absolute atomic E-state index is 12.6. The average Bonchev–Trinajstić information content (AvgIpc) is 3.16. The van der Waals surface area contributed by atoms with E-state index < -0.39 is 11.2 Å². The van der Waals surface area contributed by atoms with Crippen LogP contribution in [-0.4, -0.2) is 25.3 Å². The minimum Gasteiger partial charge on any atom is -0.303 e. The summed E-state index contributed by atoms with van der Waals surface area (Å²) >= 11 is 3.48. The fourth-order valence-corrected chi connectivity index (χ4v) is 3.69. The van der Waals surface area contributed by atoms with E-state index in [1.807, 2.05) is 66.7 Å². The van der Waals surface area contributed by atoms with Crippen LogP contribution >= 0.6 is 15.9 Å². The Labute approximate surface area is 192 Å². The number of imidazole rings is 1. The lowest BCUT2D eigenvalue weighted by molar-refractivity contribution is 0.716. The molecule has 0 saturated heterocycles. The number of hydrogen-bond donors (Lipinski definition) is 2. The summed E-state index contributed by atoms with van der Waals surface area (Å²) in [5.74, 6) is 0.374. The maximum Gasteiger partial charge on any atom is 0.329 e. The van der Waals surface area contributed by atoms with Crippen molar-refractivity contribution in [2.45, 2.75) is 13.0 Å². The topological polar surface area (TPSA) is 97.1 Å². The van der Waals surface area contributed by atoms with E-state index in [0.29, 0.717) is 30.1 Å². The molecule has 0 amide bonds. The van der Waals surface area contributed by atoms with E-state index in [4.69, 9.17) is 0 Å². The van der Waals surface area contributed by atoms with Crippen molar-refractivity contribution in [1.82, 2.24) is 19.1 Å².